The Labute approximate surface area is 102 Å². The third kappa shape index (κ3) is 2.55. The molecule has 1 aromatic rings. The number of hydrogen-bond donors (Lipinski definition) is 0. The number of fused-ring (bicyclic) bond motifs is 1. The molecule has 1 aromatic carbocycles. The minimum absolute atomic E-state index is 0.150. The van der Waals surface area contributed by atoms with E-state index in [-0.39, 0.29) is 5.91 Å². The highest BCUT2D eigenvalue weighted by atomic mass is 79.9. The summed E-state index contributed by atoms with van der Waals surface area (Å²) in [5, 5.41) is 0.405. The van der Waals surface area contributed by atoms with Gasteiger partial charge in [-0.2, -0.15) is 0 Å². The molecule has 1 amide bonds. The molecule has 0 saturated carbocycles. The summed E-state index contributed by atoms with van der Waals surface area (Å²) < 4.78 is 1.85. The van der Waals surface area contributed by atoms with Crippen LogP contribution in [0.1, 0.15) is 12.0 Å². The largest absolute Gasteiger partial charge is 0.282 e. The molecule has 0 radical (unpaired) electrons. The average Bonchev–Trinajstić information content (AvgIpc) is 2.49. The van der Waals surface area contributed by atoms with E-state index in [4.69, 9.17) is 0 Å². The van der Waals surface area contributed by atoms with E-state index < -0.39 is 0 Å². The van der Waals surface area contributed by atoms with Gasteiger partial charge in [0.1, 0.15) is 0 Å². The average molecular weight is 286 g/mol. The molecular weight excluding hydrogens is 274 g/mol. The second-order valence-electron chi connectivity index (χ2n) is 3.43. The van der Waals surface area contributed by atoms with Crippen LogP contribution in [0.25, 0.3) is 0 Å². The van der Waals surface area contributed by atoms with Crippen LogP contribution < -0.4 is 0 Å². The van der Waals surface area contributed by atoms with Gasteiger partial charge in [0, 0.05) is 11.4 Å². The summed E-state index contributed by atoms with van der Waals surface area (Å²) in [5.41, 5.74) is 1.35. The van der Waals surface area contributed by atoms with E-state index in [1.54, 1.807) is 11.9 Å². The first kappa shape index (κ1) is 11.0. The Balaban J connectivity index is 2.21. The summed E-state index contributed by atoms with van der Waals surface area (Å²) in [5.74, 6) is 0.150. The molecule has 1 aliphatic heterocycles. The van der Waals surface area contributed by atoms with Gasteiger partial charge in [-0.3, -0.25) is 9.10 Å². The summed E-state index contributed by atoms with van der Waals surface area (Å²) in [4.78, 5) is 12.8. The Morgan fingerprint density at radius 2 is 2.27 bits per heavy atom. The van der Waals surface area contributed by atoms with Crippen molar-refractivity contribution < 1.29 is 4.79 Å². The second kappa shape index (κ2) is 5.03. The van der Waals surface area contributed by atoms with Crippen molar-refractivity contribution in [3.63, 3.8) is 0 Å². The van der Waals surface area contributed by atoms with Gasteiger partial charge in [0.05, 0.1) is 5.33 Å². The highest BCUT2D eigenvalue weighted by Crippen LogP contribution is 2.30. The fraction of sp³-hybridized carbons (Fsp3) is 0.364. The summed E-state index contributed by atoms with van der Waals surface area (Å²) in [6, 6.07) is 8.31. The molecule has 0 aromatic heterocycles. The van der Waals surface area contributed by atoms with E-state index in [2.05, 4.69) is 34.1 Å². The number of amides is 1. The van der Waals surface area contributed by atoms with Gasteiger partial charge >= 0.3 is 0 Å². The van der Waals surface area contributed by atoms with Gasteiger partial charge in [-0.15, -0.1) is 0 Å². The van der Waals surface area contributed by atoms with Crippen LogP contribution in [-0.4, -0.2) is 22.1 Å². The zero-order valence-electron chi connectivity index (χ0n) is 8.28. The summed E-state index contributed by atoms with van der Waals surface area (Å²) >= 11 is 4.78. The van der Waals surface area contributed by atoms with Crippen LogP contribution in [0.3, 0.4) is 0 Å². The Morgan fingerprint density at radius 3 is 3.07 bits per heavy atom. The predicted octanol–water partition coefficient (Wildman–Crippen LogP) is 2.86. The third-order valence-corrected chi connectivity index (χ3v) is 4.06. The van der Waals surface area contributed by atoms with Crippen molar-refractivity contribution in [1.82, 2.24) is 4.31 Å². The first-order chi connectivity index (χ1) is 7.31. The van der Waals surface area contributed by atoms with Gasteiger partial charge in [-0.25, -0.2) is 0 Å². The first-order valence-corrected chi connectivity index (χ1v) is 6.83. The minimum Gasteiger partial charge on any atom is -0.282 e. The maximum atomic E-state index is 11.6. The molecule has 0 bridgehead atoms. The number of hydrogen-bond acceptors (Lipinski definition) is 2. The Hall–Kier alpha value is -0.480. The van der Waals surface area contributed by atoms with Crippen molar-refractivity contribution in [2.45, 2.75) is 17.7 Å². The molecule has 0 unspecified atom stereocenters. The van der Waals surface area contributed by atoms with E-state index in [9.17, 15) is 4.79 Å². The fourth-order valence-electron chi connectivity index (χ4n) is 1.62. The van der Waals surface area contributed by atoms with Crippen LogP contribution in [0.2, 0.25) is 0 Å². The molecule has 1 heterocycles. The molecule has 0 aliphatic carbocycles. The number of nitrogens with zero attached hydrogens (tertiary/aromatic N) is 1. The van der Waals surface area contributed by atoms with Crippen LogP contribution >= 0.6 is 27.9 Å². The molecule has 2 rings (SSSR count). The van der Waals surface area contributed by atoms with Gasteiger partial charge in [-0.1, -0.05) is 34.1 Å². The van der Waals surface area contributed by atoms with E-state index in [0.29, 0.717) is 5.33 Å². The van der Waals surface area contributed by atoms with E-state index >= 15 is 0 Å². The van der Waals surface area contributed by atoms with Gasteiger partial charge in [0.15, 0.2) is 0 Å². The molecule has 1 aliphatic rings. The summed E-state index contributed by atoms with van der Waals surface area (Å²) in [6.45, 7) is 0.837. The van der Waals surface area contributed by atoms with Crippen molar-refractivity contribution in [2.75, 3.05) is 11.9 Å². The maximum absolute atomic E-state index is 11.6. The zero-order chi connectivity index (χ0) is 10.7. The van der Waals surface area contributed by atoms with Crippen molar-refractivity contribution in [1.29, 1.82) is 0 Å². The lowest BCUT2D eigenvalue weighted by atomic mass is 10.1. The van der Waals surface area contributed by atoms with Crippen LogP contribution in [0.15, 0.2) is 29.2 Å². The zero-order valence-corrected chi connectivity index (χ0v) is 10.7. The highest BCUT2D eigenvalue weighted by Gasteiger charge is 2.18. The maximum Gasteiger partial charge on any atom is 0.243 e. The Kier molecular flexibility index (Phi) is 3.70. The first-order valence-electron chi connectivity index (χ1n) is 4.93. The molecule has 80 valence electrons. The van der Waals surface area contributed by atoms with E-state index in [0.717, 1.165) is 19.4 Å². The quantitative estimate of drug-likeness (QED) is 0.584. The molecule has 0 saturated heterocycles. The number of aryl methyl sites for hydroxylation is 1. The molecule has 0 fully saturated rings. The van der Waals surface area contributed by atoms with E-state index in [1.165, 1.54) is 10.5 Å². The standard InChI is InChI=1S/C11H12BrNOS/c12-8-11(14)13-7-3-5-9-4-1-2-6-10(9)15-13/h1-2,4,6H,3,5,7-8H2. The molecule has 0 N–H and O–H groups in total. The Bertz CT molecular complexity index is 369. The highest BCUT2D eigenvalue weighted by molar-refractivity contribution is 9.09. The van der Waals surface area contributed by atoms with Crippen LogP contribution in [0.4, 0.5) is 0 Å². The molecular formula is C11H12BrNOS. The third-order valence-electron chi connectivity index (χ3n) is 2.38. The van der Waals surface area contributed by atoms with Crippen molar-refractivity contribution in [3.05, 3.63) is 29.8 Å². The number of rotatable bonds is 1. The van der Waals surface area contributed by atoms with Gasteiger partial charge in [0.2, 0.25) is 5.91 Å². The molecule has 15 heavy (non-hydrogen) atoms. The Morgan fingerprint density at radius 1 is 1.47 bits per heavy atom. The normalized spacial score (nSPS) is 15.7. The molecule has 2 nitrogen and oxygen atoms in total. The van der Waals surface area contributed by atoms with Crippen molar-refractivity contribution >= 4 is 33.8 Å². The predicted molar refractivity (Wildman–Crippen MR) is 66.1 cm³/mol. The molecule has 0 atom stereocenters. The summed E-state index contributed by atoms with van der Waals surface area (Å²) in [6.07, 6.45) is 2.11. The lowest BCUT2D eigenvalue weighted by Gasteiger charge is -2.17. The smallest absolute Gasteiger partial charge is 0.243 e. The monoisotopic (exact) mass is 285 g/mol. The van der Waals surface area contributed by atoms with Crippen LogP contribution in [0.5, 0.6) is 0 Å². The number of alkyl halides is 1. The fourth-order valence-corrected chi connectivity index (χ4v) is 3.14. The van der Waals surface area contributed by atoms with E-state index in [1.807, 2.05) is 10.4 Å². The number of carbonyl (C=O) groups is 1. The van der Waals surface area contributed by atoms with Crippen molar-refractivity contribution in [3.8, 4) is 0 Å². The lowest BCUT2D eigenvalue weighted by Crippen LogP contribution is -2.25. The van der Waals surface area contributed by atoms with Gasteiger partial charge in [0.25, 0.3) is 0 Å². The molecule has 4 heteroatoms. The number of benzene rings is 1. The van der Waals surface area contributed by atoms with Gasteiger partial charge < -0.3 is 0 Å². The van der Waals surface area contributed by atoms with Crippen LogP contribution in [-0.2, 0) is 11.2 Å². The number of halogens is 1. The van der Waals surface area contributed by atoms with Gasteiger partial charge in [-0.05, 0) is 36.4 Å². The van der Waals surface area contributed by atoms with Crippen molar-refractivity contribution in [2.24, 2.45) is 0 Å². The number of carbonyl (C=O) groups excluding carboxylic acids is 1. The summed E-state index contributed by atoms with van der Waals surface area (Å²) in [7, 11) is 0. The SMILES string of the molecule is O=C(CBr)N1CCCc2ccccc2S1. The minimum atomic E-state index is 0.150. The lowest BCUT2D eigenvalue weighted by molar-refractivity contribution is -0.123. The molecule has 0 spiro atoms. The van der Waals surface area contributed by atoms with Crippen LogP contribution in [0, 0.1) is 0 Å². The second-order valence-corrected chi connectivity index (χ2v) is 5.06. The topological polar surface area (TPSA) is 20.3 Å².